The average Bonchev–Trinajstić information content (AvgIpc) is 3.14. The number of benzene rings is 1. The Morgan fingerprint density at radius 1 is 1.30 bits per heavy atom. The van der Waals surface area contributed by atoms with Crippen molar-refractivity contribution in [3.8, 4) is 17.0 Å². The highest BCUT2D eigenvalue weighted by atomic mass is 16.5. The number of phenols is 1. The van der Waals surface area contributed by atoms with Gasteiger partial charge in [-0.3, -0.25) is 9.89 Å². The molecule has 0 aliphatic carbocycles. The first kappa shape index (κ1) is 19.0. The lowest BCUT2D eigenvalue weighted by Crippen LogP contribution is -2.59. The van der Waals surface area contributed by atoms with Gasteiger partial charge in [-0.2, -0.15) is 5.10 Å². The van der Waals surface area contributed by atoms with Crippen molar-refractivity contribution in [1.82, 2.24) is 25.4 Å². The number of pyridine rings is 1. The SMILES string of the molecule is Cc1[nH]nc2nc(-c3ccc(O)cc3)cc(C(=O)N3CCCC4(CNCCO4)C3)c12. The summed E-state index contributed by atoms with van der Waals surface area (Å²) in [5.74, 6) is 0.159. The third-order valence-electron chi connectivity index (χ3n) is 6.06. The summed E-state index contributed by atoms with van der Waals surface area (Å²) in [6, 6.07) is 8.63. The summed E-state index contributed by atoms with van der Waals surface area (Å²) in [5.41, 5.74) is 3.10. The molecule has 1 unspecified atom stereocenters. The Kier molecular flexibility index (Phi) is 4.67. The molecule has 3 N–H and O–H groups in total. The van der Waals surface area contributed by atoms with Crippen LogP contribution in [0.1, 0.15) is 28.9 Å². The van der Waals surface area contributed by atoms with Crippen LogP contribution in [0.15, 0.2) is 30.3 Å². The second-order valence-electron chi connectivity index (χ2n) is 8.19. The van der Waals surface area contributed by atoms with E-state index in [9.17, 15) is 9.90 Å². The highest BCUT2D eigenvalue weighted by molar-refractivity contribution is 6.07. The van der Waals surface area contributed by atoms with Crippen LogP contribution in [-0.4, -0.2) is 69.5 Å². The van der Waals surface area contributed by atoms with E-state index in [1.807, 2.05) is 17.9 Å². The zero-order valence-corrected chi connectivity index (χ0v) is 16.9. The van der Waals surface area contributed by atoms with E-state index in [2.05, 4.69) is 20.5 Å². The van der Waals surface area contributed by atoms with Crippen LogP contribution >= 0.6 is 0 Å². The fourth-order valence-electron chi connectivity index (χ4n) is 4.53. The Morgan fingerprint density at radius 2 is 2.13 bits per heavy atom. The number of piperidine rings is 1. The van der Waals surface area contributed by atoms with Crippen molar-refractivity contribution < 1.29 is 14.6 Å². The van der Waals surface area contributed by atoms with Gasteiger partial charge in [-0.25, -0.2) is 4.98 Å². The van der Waals surface area contributed by atoms with Crippen LogP contribution in [0.2, 0.25) is 0 Å². The molecule has 4 heterocycles. The molecule has 2 aliphatic heterocycles. The number of aryl methyl sites for hydroxylation is 1. The Hall–Kier alpha value is -2.97. The summed E-state index contributed by atoms with van der Waals surface area (Å²) in [6.07, 6.45) is 1.87. The molecule has 30 heavy (non-hydrogen) atoms. The zero-order chi connectivity index (χ0) is 20.7. The fraction of sp³-hybridized carbons (Fsp3) is 0.409. The molecule has 2 aliphatic rings. The van der Waals surface area contributed by atoms with Gasteiger partial charge in [0.15, 0.2) is 5.65 Å². The molecule has 0 bridgehead atoms. The maximum atomic E-state index is 13.7. The quantitative estimate of drug-likeness (QED) is 0.602. The summed E-state index contributed by atoms with van der Waals surface area (Å²) in [5, 5.41) is 21.0. The standard InChI is InChI=1S/C22H25N5O3/c1-14-19-17(21(29)27-9-2-7-22(13-27)12-23-8-10-30-22)11-18(24-20(19)26-25-14)15-3-5-16(28)6-4-15/h3-6,11,23,28H,2,7-10,12-13H2,1H3,(H,24,25,26). The number of likely N-dealkylation sites (tertiary alicyclic amines) is 1. The van der Waals surface area contributed by atoms with E-state index < -0.39 is 0 Å². The summed E-state index contributed by atoms with van der Waals surface area (Å²) in [4.78, 5) is 20.2. The number of hydrogen-bond donors (Lipinski definition) is 3. The lowest BCUT2D eigenvalue weighted by molar-refractivity contribution is -0.0988. The topological polar surface area (TPSA) is 103 Å². The zero-order valence-electron chi connectivity index (χ0n) is 16.9. The van der Waals surface area contributed by atoms with Gasteiger partial charge in [0.05, 0.1) is 35.4 Å². The molecule has 5 rings (SSSR count). The average molecular weight is 407 g/mol. The molecule has 1 spiro atoms. The van der Waals surface area contributed by atoms with Crippen molar-refractivity contribution >= 4 is 16.9 Å². The van der Waals surface area contributed by atoms with E-state index in [1.54, 1.807) is 24.3 Å². The van der Waals surface area contributed by atoms with Crippen molar-refractivity contribution in [2.45, 2.75) is 25.4 Å². The predicted octanol–water partition coefficient (Wildman–Crippen LogP) is 2.23. The first-order valence-corrected chi connectivity index (χ1v) is 10.3. The molecule has 0 saturated carbocycles. The molecular weight excluding hydrogens is 382 g/mol. The second kappa shape index (κ2) is 7.37. The first-order chi connectivity index (χ1) is 14.5. The van der Waals surface area contributed by atoms with Crippen LogP contribution in [-0.2, 0) is 4.74 Å². The van der Waals surface area contributed by atoms with Gasteiger partial charge < -0.3 is 20.1 Å². The third kappa shape index (κ3) is 3.32. The number of carbonyl (C=O) groups is 1. The van der Waals surface area contributed by atoms with E-state index in [0.29, 0.717) is 36.6 Å². The van der Waals surface area contributed by atoms with Crippen LogP contribution < -0.4 is 5.32 Å². The molecular formula is C22H25N5O3. The molecule has 156 valence electrons. The number of nitrogens with zero attached hydrogens (tertiary/aromatic N) is 3. The van der Waals surface area contributed by atoms with E-state index in [1.165, 1.54) is 0 Å². The van der Waals surface area contributed by atoms with E-state index in [0.717, 1.165) is 42.6 Å². The smallest absolute Gasteiger partial charge is 0.254 e. The molecule has 1 atom stereocenters. The van der Waals surface area contributed by atoms with E-state index >= 15 is 0 Å². The Bertz CT molecular complexity index is 1080. The molecule has 1 amide bonds. The van der Waals surface area contributed by atoms with Crippen molar-refractivity contribution in [2.24, 2.45) is 0 Å². The summed E-state index contributed by atoms with van der Waals surface area (Å²) in [7, 11) is 0. The van der Waals surface area contributed by atoms with Crippen molar-refractivity contribution in [1.29, 1.82) is 0 Å². The summed E-state index contributed by atoms with van der Waals surface area (Å²) >= 11 is 0. The molecule has 0 radical (unpaired) electrons. The minimum Gasteiger partial charge on any atom is -0.508 e. The summed E-state index contributed by atoms with van der Waals surface area (Å²) in [6.45, 7) is 5.48. The number of ether oxygens (including phenoxy) is 1. The molecule has 1 aromatic carbocycles. The number of morpholine rings is 1. The van der Waals surface area contributed by atoms with Crippen LogP contribution in [0.4, 0.5) is 0 Å². The van der Waals surface area contributed by atoms with Crippen molar-refractivity contribution in [2.75, 3.05) is 32.8 Å². The minimum atomic E-state index is -0.302. The minimum absolute atomic E-state index is 0.0276. The van der Waals surface area contributed by atoms with Gasteiger partial charge in [-0.15, -0.1) is 0 Å². The van der Waals surface area contributed by atoms with Gasteiger partial charge in [0, 0.05) is 30.9 Å². The number of hydrogen-bond acceptors (Lipinski definition) is 6. The molecule has 2 saturated heterocycles. The first-order valence-electron chi connectivity index (χ1n) is 10.3. The predicted molar refractivity (Wildman–Crippen MR) is 112 cm³/mol. The highest BCUT2D eigenvalue weighted by Crippen LogP contribution is 2.31. The molecule has 2 aromatic heterocycles. The molecule has 8 nitrogen and oxygen atoms in total. The second-order valence-corrected chi connectivity index (χ2v) is 8.19. The molecule has 2 fully saturated rings. The van der Waals surface area contributed by atoms with Gasteiger partial charge in [-0.05, 0) is 50.1 Å². The van der Waals surface area contributed by atoms with Crippen LogP contribution in [0.5, 0.6) is 5.75 Å². The van der Waals surface area contributed by atoms with E-state index in [-0.39, 0.29) is 17.3 Å². The number of rotatable bonds is 2. The summed E-state index contributed by atoms with van der Waals surface area (Å²) < 4.78 is 6.11. The van der Waals surface area contributed by atoms with Gasteiger partial charge in [-0.1, -0.05) is 0 Å². The van der Waals surface area contributed by atoms with Crippen LogP contribution in [0, 0.1) is 6.92 Å². The molecule has 3 aromatic rings. The number of carbonyl (C=O) groups excluding carboxylic acids is 1. The fourth-order valence-corrected chi connectivity index (χ4v) is 4.53. The number of aromatic nitrogens is 3. The monoisotopic (exact) mass is 407 g/mol. The Labute approximate surface area is 174 Å². The van der Waals surface area contributed by atoms with Gasteiger partial charge in [0.1, 0.15) is 5.75 Å². The maximum Gasteiger partial charge on any atom is 0.254 e. The van der Waals surface area contributed by atoms with Crippen molar-refractivity contribution in [3.05, 3.63) is 41.6 Å². The number of fused-ring (bicyclic) bond motifs is 1. The largest absolute Gasteiger partial charge is 0.508 e. The number of phenolic OH excluding ortho intramolecular Hbond substituents is 1. The number of nitrogens with one attached hydrogen (secondary N) is 2. The lowest BCUT2D eigenvalue weighted by Gasteiger charge is -2.45. The van der Waals surface area contributed by atoms with Gasteiger partial charge in [0.25, 0.3) is 5.91 Å². The lowest BCUT2D eigenvalue weighted by atomic mass is 9.90. The maximum absolute atomic E-state index is 13.7. The third-order valence-corrected chi connectivity index (χ3v) is 6.06. The van der Waals surface area contributed by atoms with Crippen LogP contribution in [0.25, 0.3) is 22.3 Å². The Morgan fingerprint density at radius 3 is 2.90 bits per heavy atom. The van der Waals surface area contributed by atoms with E-state index in [4.69, 9.17) is 4.74 Å². The number of aromatic amines is 1. The van der Waals surface area contributed by atoms with Gasteiger partial charge >= 0.3 is 0 Å². The number of aromatic hydroxyl groups is 1. The van der Waals surface area contributed by atoms with Crippen molar-refractivity contribution in [3.63, 3.8) is 0 Å². The molecule has 8 heteroatoms. The Balaban J connectivity index is 1.54. The van der Waals surface area contributed by atoms with Gasteiger partial charge in [0.2, 0.25) is 0 Å². The number of amides is 1. The number of H-pyrrole nitrogens is 1. The highest BCUT2D eigenvalue weighted by Gasteiger charge is 2.40. The normalized spacial score (nSPS) is 22.0. The van der Waals surface area contributed by atoms with Crippen LogP contribution in [0.3, 0.4) is 0 Å².